The number of carbonyl (C=O) groups is 2. The molecule has 1 heterocycles. The lowest BCUT2D eigenvalue weighted by Crippen LogP contribution is -2.31. The van der Waals surface area contributed by atoms with Crippen molar-refractivity contribution in [2.45, 2.75) is 39.2 Å². The third-order valence-corrected chi connectivity index (χ3v) is 8.19. The van der Waals surface area contributed by atoms with Gasteiger partial charge in [0.2, 0.25) is 0 Å². The van der Waals surface area contributed by atoms with E-state index >= 15 is 0 Å². The fourth-order valence-corrected chi connectivity index (χ4v) is 5.73. The maximum atomic E-state index is 13.2. The van der Waals surface area contributed by atoms with Gasteiger partial charge in [-0.3, -0.25) is 14.5 Å². The van der Waals surface area contributed by atoms with Crippen molar-refractivity contribution >= 4 is 17.4 Å². The molecule has 0 spiro atoms. The Morgan fingerprint density at radius 1 is 0.773 bits per heavy atom. The predicted molar refractivity (Wildman–Crippen MR) is 173 cm³/mol. The molecule has 4 aromatic rings. The van der Waals surface area contributed by atoms with Gasteiger partial charge in [-0.2, -0.15) is 0 Å². The lowest BCUT2D eigenvalue weighted by Gasteiger charge is -2.29. The first-order valence-corrected chi connectivity index (χ1v) is 15.0. The lowest BCUT2D eigenvalue weighted by atomic mass is 9.98. The zero-order valence-electron chi connectivity index (χ0n) is 25.9. The highest BCUT2D eigenvalue weighted by molar-refractivity contribution is 6.12. The molecule has 0 unspecified atom stereocenters. The topological polar surface area (TPSA) is 77.1 Å². The molecule has 7 heteroatoms. The maximum absolute atomic E-state index is 13.2. The summed E-state index contributed by atoms with van der Waals surface area (Å²) in [5.41, 5.74) is 6.91. The van der Waals surface area contributed by atoms with Crippen molar-refractivity contribution in [1.29, 1.82) is 0 Å². The normalized spacial score (nSPS) is 12.7. The first kappa shape index (κ1) is 30.8. The highest BCUT2D eigenvalue weighted by Crippen LogP contribution is 2.33. The summed E-state index contributed by atoms with van der Waals surface area (Å²) in [5.74, 6) is 1.53. The molecule has 44 heavy (non-hydrogen) atoms. The van der Waals surface area contributed by atoms with E-state index in [4.69, 9.17) is 14.2 Å². The molecule has 0 radical (unpaired) electrons. The smallest absolute Gasteiger partial charge is 0.259 e. The second-order valence-electron chi connectivity index (χ2n) is 11.2. The quantitative estimate of drug-likeness (QED) is 0.143. The van der Waals surface area contributed by atoms with Gasteiger partial charge in [0.25, 0.3) is 5.91 Å². The molecule has 0 fully saturated rings. The van der Waals surface area contributed by atoms with Crippen LogP contribution in [0.4, 0.5) is 5.69 Å². The number of ether oxygens (including phenoxy) is 3. The molecule has 0 aromatic heterocycles. The van der Waals surface area contributed by atoms with Gasteiger partial charge in [0, 0.05) is 29.9 Å². The number of anilines is 1. The van der Waals surface area contributed by atoms with Crippen LogP contribution < -0.4 is 19.5 Å². The van der Waals surface area contributed by atoms with Crippen LogP contribution in [0, 0.1) is 6.92 Å². The molecule has 4 aromatic carbocycles. The van der Waals surface area contributed by atoms with E-state index in [-0.39, 0.29) is 11.7 Å². The summed E-state index contributed by atoms with van der Waals surface area (Å²) >= 11 is 0. The zero-order chi connectivity index (χ0) is 31.1. The molecule has 1 amide bonds. The minimum Gasteiger partial charge on any atom is -0.496 e. The molecule has 0 aliphatic carbocycles. The number of nitrogens with zero attached hydrogens (tertiary/aromatic N) is 1. The van der Waals surface area contributed by atoms with Crippen LogP contribution in [0.5, 0.6) is 17.2 Å². The number of methoxy groups -OCH3 is 3. The molecule has 0 atom stereocenters. The molecule has 7 nitrogen and oxygen atoms in total. The van der Waals surface area contributed by atoms with E-state index in [0.29, 0.717) is 28.1 Å². The van der Waals surface area contributed by atoms with E-state index in [2.05, 4.69) is 34.5 Å². The Labute approximate surface area is 259 Å². The molecular formula is C37H40N2O5. The van der Waals surface area contributed by atoms with Gasteiger partial charge in [0.1, 0.15) is 5.75 Å². The van der Waals surface area contributed by atoms with E-state index in [0.717, 1.165) is 62.4 Å². The Bertz CT molecular complexity index is 1630. The highest BCUT2D eigenvalue weighted by atomic mass is 16.5. The van der Waals surface area contributed by atoms with Crippen molar-refractivity contribution in [1.82, 2.24) is 4.90 Å². The Morgan fingerprint density at radius 3 is 2.18 bits per heavy atom. The third kappa shape index (κ3) is 7.29. The summed E-state index contributed by atoms with van der Waals surface area (Å²) in [6.07, 6.45) is 4.18. The van der Waals surface area contributed by atoms with Crippen molar-refractivity contribution in [3.63, 3.8) is 0 Å². The average Bonchev–Trinajstić information content (AvgIpc) is 3.06. The number of nitrogens with one attached hydrogen (secondary N) is 1. The minimum absolute atomic E-state index is 0.138. The number of hydrogen-bond donors (Lipinski definition) is 1. The van der Waals surface area contributed by atoms with Gasteiger partial charge in [0.05, 0.1) is 26.9 Å². The zero-order valence-corrected chi connectivity index (χ0v) is 25.9. The van der Waals surface area contributed by atoms with Gasteiger partial charge >= 0.3 is 0 Å². The number of carbonyl (C=O) groups excluding carboxylic acids is 2. The predicted octanol–water partition coefficient (Wildman–Crippen LogP) is 6.89. The summed E-state index contributed by atoms with van der Waals surface area (Å²) in [4.78, 5) is 28.8. The van der Waals surface area contributed by atoms with Crippen LogP contribution in [0.15, 0.2) is 78.9 Å². The number of benzene rings is 4. The van der Waals surface area contributed by atoms with Crippen LogP contribution in [0.1, 0.15) is 61.4 Å². The van der Waals surface area contributed by atoms with Gasteiger partial charge in [0.15, 0.2) is 17.3 Å². The maximum Gasteiger partial charge on any atom is 0.259 e. The fraction of sp³-hybridized carbons (Fsp3) is 0.297. The number of hydrogen-bond acceptors (Lipinski definition) is 6. The first-order valence-electron chi connectivity index (χ1n) is 15.0. The van der Waals surface area contributed by atoms with Crippen LogP contribution in [-0.4, -0.2) is 51.0 Å². The van der Waals surface area contributed by atoms with Gasteiger partial charge < -0.3 is 19.5 Å². The van der Waals surface area contributed by atoms with Crippen LogP contribution in [-0.2, 0) is 19.4 Å². The Balaban J connectivity index is 1.13. The van der Waals surface area contributed by atoms with Crippen LogP contribution in [0.3, 0.4) is 0 Å². The van der Waals surface area contributed by atoms with Crippen LogP contribution in [0.25, 0.3) is 0 Å². The van der Waals surface area contributed by atoms with E-state index in [1.165, 1.54) is 23.8 Å². The number of ketones is 1. The Morgan fingerprint density at radius 2 is 1.48 bits per heavy atom. The SMILES string of the molecule is COc1cc2c(cc1OC)CN(CCCCc1ccc(NC(=O)c3cc(C(=O)c4cccc(C)c4)ccc3OC)cc1)CC2. The third-order valence-electron chi connectivity index (χ3n) is 8.19. The number of fused-ring (bicyclic) bond motifs is 1. The molecule has 0 saturated carbocycles. The van der Waals surface area contributed by atoms with Gasteiger partial charge in [-0.25, -0.2) is 0 Å². The molecule has 5 rings (SSSR count). The highest BCUT2D eigenvalue weighted by Gasteiger charge is 2.20. The lowest BCUT2D eigenvalue weighted by molar-refractivity contribution is 0.102. The van der Waals surface area contributed by atoms with Crippen molar-refractivity contribution in [3.05, 3.63) is 118 Å². The fourth-order valence-electron chi connectivity index (χ4n) is 5.73. The summed E-state index contributed by atoms with van der Waals surface area (Å²) in [6.45, 7) is 4.97. The van der Waals surface area contributed by atoms with Gasteiger partial charge in [-0.05, 0) is 104 Å². The summed E-state index contributed by atoms with van der Waals surface area (Å²) in [6, 6.07) is 24.6. The number of unbranched alkanes of at least 4 members (excludes halogenated alkanes) is 1. The number of rotatable bonds is 12. The van der Waals surface area contributed by atoms with Crippen LogP contribution in [0.2, 0.25) is 0 Å². The number of amides is 1. The molecule has 1 N–H and O–H groups in total. The second kappa shape index (κ2) is 14.2. The Kier molecular flexibility index (Phi) is 9.97. The van der Waals surface area contributed by atoms with Crippen LogP contribution >= 0.6 is 0 Å². The number of aryl methyl sites for hydroxylation is 2. The molecular weight excluding hydrogens is 552 g/mol. The molecule has 0 saturated heterocycles. The molecule has 1 aliphatic rings. The second-order valence-corrected chi connectivity index (χ2v) is 11.2. The summed E-state index contributed by atoms with van der Waals surface area (Å²) < 4.78 is 16.4. The summed E-state index contributed by atoms with van der Waals surface area (Å²) in [7, 11) is 4.87. The van der Waals surface area contributed by atoms with E-state index in [1.807, 2.05) is 37.3 Å². The summed E-state index contributed by atoms with van der Waals surface area (Å²) in [5, 5.41) is 2.96. The first-order chi connectivity index (χ1) is 21.4. The van der Waals surface area contributed by atoms with Crippen molar-refractivity contribution < 1.29 is 23.8 Å². The monoisotopic (exact) mass is 592 g/mol. The van der Waals surface area contributed by atoms with E-state index in [1.54, 1.807) is 38.5 Å². The standard InChI is InChI=1S/C37H40N2O5/c1-25-8-7-10-28(20-25)36(40)29-13-16-33(42-2)32(21-29)37(41)38-31-14-11-26(12-15-31)9-5-6-18-39-19-17-27-22-34(43-3)35(44-4)23-30(27)24-39/h7-8,10-16,20-23H,5-6,9,17-19,24H2,1-4H3,(H,38,41). The van der Waals surface area contributed by atoms with Gasteiger partial charge in [-0.1, -0.05) is 35.9 Å². The van der Waals surface area contributed by atoms with E-state index < -0.39 is 0 Å². The average molecular weight is 593 g/mol. The van der Waals surface area contributed by atoms with E-state index in [9.17, 15) is 9.59 Å². The van der Waals surface area contributed by atoms with Crippen molar-refractivity contribution in [2.75, 3.05) is 39.7 Å². The molecule has 0 bridgehead atoms. The Hall–Kier alpha value is -4.62. The van der Waals surface area contributed by atoms with Crippen molar-refractivity contribution in [3.8, 4) is 17.2 Å². The molecule has 1 aliphatic heterocycles. The molecule has 228 valence electrons. The largest absolute Gasteiger partial charge is 0.496 e. The van der Waals surface area contributed by atoms with Crippen molar-refractivity contribution in [2.24, 2.45) is 0 Å². The van der Waals surface area contributed by atoms with Gasteiger partial charge in [-0.15, -0.1) is 0 Å². The minimum atomic E-state index is -0.326.